The van der Waals surface area contributed by atoms with Crippen LogP contribution in [0.1, 0.15) is 0 Å². The summed E-state index contributed by atoms with van der Waals surface area (Å²) in [7, 11) is 0. The van der Waals surface area contributed by atoms with Crippen LogP contribution in [0.25, 0.3) is 26.5 Å². The van der Waals surface area contributed by atoms with Crippen molar-refractivity contribution in [1.82, 2.24) is 14.8 Å². The van der Waals surface area contributed by atoms with Gasteiger partial charge in [0.2, 0.25) is 0 Å². The lowest BCUT2D eigenvalue weighted by Crippen LogP contribution is -1.94. The Morgan fingerprint density at radius 1 is 0.900 bits per heavy atom. The van der Waals surface area contributed by atoms with Gasteiger partial charge in [0.15, 0.2) is 5.82 Å². The third-order valence-electron chi connectivity index (χ3n) is 3.23. The van der Waals surface area contributed by atoms with Crippen LogP contribution in [0.5, 0.6) is 0 Å². The Hall–Kier alpha value is -2.46. The van der Waals surface area contributed by atoms with Crippen molar-refractivity contribution in [1.29, 1.82) is 0 Å². The van der Waals surface area contributed by atoms with Crippen LogP contribution < -0.4 is 0 Å². The molecule has 96 valence electrons. The van der Waals surface area contributed by atoms with Crippen LogP contribution in [0.4, 0.5) is 0 Å². The topological polar surface area (TPSA) is 30.7 Å². The second-order valence-electron chi connectivity index (χ2n) is 4.51. The van der Waals surface area contributed by atoms with Crippen LogP contribution in [-0.4, -0.2) is 14.8 Å². The minimum atomic E-state index is 0.886. The van der Waals surface area contributed by atoms with Gasteiger partial charge in [0.25, 0.3) is 0 Å². The maximum Gasteiger partial charge on any atom is 0.178 e. The Morgan fingerprint density at radius 2 is 1.70 bits per heavy atom. The highest BCUT2D eigenvalue weighted by atomic mass is 32.1. The molecule has 0 atom stereocenters. The molecule has 2 aromatic heterocycles. The van der Waals surface area contributed by atoms with Crippen molar-refractivity contribution in [2.45, 2.75) is 0 Å². The van der Waals surface area contributed by atoms with E-state index in [1.165, 1.54) is 10.1 Å². The average molecular weight is 277 g/mol. The highest BCUT2D eigenvalue weighted by Gasteiger charge is 2.11. The summed E-state index contributed by atoms with van der Waals surface area (Å²) in [6, 6.07) is 20.7. The number of fused-ring (bicyclic) bond motifs is 1. The van der Waals surface area contributed by atoms with Gasteiger partial charge in [-0.05, 0) is 29.7 Å². The summed E-state index contributed by atoms with van der Waals surface area (Å²) in [4.78, 5) is 1.13. The number of thiophene rings is 1. The van der Waals surface area contributed by atoms with Crippen molar-refractivity contribution < 1.29 is 0 Å². The third-order valence-corrected chi connectivity index (χ3v) is 4.34. The number of aromatic nitrogens is 3. The molecular formula is C16H11N3S. The Balaban J connectivity index is 1.89. The summed E-state index contributed by atoms with van der Waals surface area (Å²) in [5.41, 5.74) is 1.07. The zero-order chi connectivity index (χ0) is 13.4. The zero-order valence-electron chi connectivity index (χ0n) is 10.6. The van der Waals surface area contributed by atoms with E-state index in [0.29, 0.717) is 0 Å². The molecule has 0 radical (unpaired) electrons. The molecule has 3 nitrogen and oxygen atoms in total. The first-order chi connectivity index (χ1) is 9.92. The van der Waals surface area contributed by atoms with Gasteiger partial charge in [0, 0.05) is 10.4 Å². The predicted octanol–water partition coefficient (Wildman–Crippen LogP) is 4.15. The molecule has 0 aliphatic rings. The van der Waals surface area contributed by atoms with Crippen LogP contribution in [0.15, 0.2) is 67.0 Å². The van der Waals surface area contributed by atoms with Crippen molar-refractivity contribution in [3.63, 3.8) is 0 Å². The number of hydrogen-bond donors (Lipinski definition) is 0. The monoisotopic (exact) mass is 277 g/mol. The fourth-order valence-corrected chi connectivity index (χ4v) is 3.32. The van der Waals surface area contributed by atoms with Crippen molar-refractivity contribution in [3.05, 3.63) is 67.0 Å². The van der Waals surface area contributed by atoms with E-state index in [2.05, 4.69) is 52.7 Å². The number of hydrogen-bond acceptors (Lipinski definition) is 3. The molecule has 0 N–H and O–H groups in total. The minimum absolute atomic E-state index is 0.886. The highest BCUT2D eigenvalue weighted by Crippen LogP contribution is 2.33. The second-order valence-corrected chi connectivity index (χ2v) is 5.59. The van der Waals surface area contributed by atoms with Gasteiger partial charge in [-0.25, -0.2) is 0 Å². The molecule has 2 heterocycles. The molecule has 0 aliphatic heterocycles. The Morgan fingerprint density at radius 3 is 2.55 bits per heavy atom. The summed E-state index contributed by atoms with van der Waals surface area (Å²) in [5, 5.41) is 9.59. The Kier molecular flexibility index (Phi) is 2.60. The van der Waals surface area contributed by atoms with E-state index in [-0.39, 0.29) is 0 Å². The standard InChI is InChI=1S/C16H11N3S/c1-2-7-13(8-3-1)19-11-17-18-16(19)15-10-12-6-4-5-9-14(12)20-15/h1-11H. The molecule has 0 aliphatic carbocycles. The summed E-state index contributed by atoms with van der Waals surface area (Å²) >= 11 is 1.74. The molecular weight excluding hydrogens is 266 g/mol. The molecule has 4 heteroatoms. The largest absolute Gasteiger partial charge is 0.281 e. The number of nitrogens with zero attached hydrogens (tertiary/aromatic N) is 3. The third kappa shape index (κ3) is 1.82. The van der Waals surface area contributed by atoms with E-state index in [1.807, 2.05) is 22.8 Å². The summed E-state index contributed by atoms with van der Waals surface area (Å²) < 4.78 is 3.29. The molecule has 4 rings (SSSR count). The Labute approximate surface area is 120 Å². The predicted molar refractivity (Wildman–Crippen MR) is 82.2 cm³/mol. The number of para-hydroxylation sites is 1. The zero-order valence-corrected chi connectivity index (χ0v) is 11.4. The molecule has 0 amide bonds. The van der Waals surface area contributed by atoms with Gasteiger partial charge in [-0.2, -0.15) is 0 Å². The molecule has 0 unspecified atom stereocenters. The van der Waals surface area contributed by atoms with Gasteiger partial charge >= 0.3 is 0 Å². The number of benzene rings is 2. The maximum atomic E-state index is 4.28. The van der Waals surface area contributed by atoms with Gasteiger partial charge in [-0.1, -0.05) is 36.4 Å². The fraction of sp³-hybridized carbons (Fsp3) is 0. The molecule has 0 saturated carbocycles. The highest BCUT2D eigenvalue weighted by molar-refractivity contribution is 7.22. The molecule has 2 aromatic carbocycles. The summed E-state index contributed by atoms with van der Waals surface area (Å²) in [5.74, 6) is 0.886. The average Bonchev–Trinajstić information content (AvgIpc) is 3.14. The number of rotatable bonds is 2. The van der Waals surface area contributed by atoms with Crippen LogP contribution in [0.2, 0.25) is 0 Å². The SMILES string of the molecule is c1ccc(-n2cnnc2-c2cc3ccccc3s2)cc1. The quantitative estimate of drug-likeness (QED) is 0.551. The second kappa shape index (κ2) is 4.58. The first-order valence-electron chi connectivity index (χ1n) is 6.36. The fourth-order valence-electron chi connectivity index (χ4n) is 2.27. The first kappa shape index (κ1) is 11.4. The maximum absolute atomic E-state index is 4.28. The molecule has 0 saturated heterocycles. The molecule has 0 spiro atoms. The molecule has 0 fully saturated rings. The lowest BCUT2D eigenvalue weighted by molar-refractivity contribution is 1.07. The van der Waals surface area contributed by atoms with Crippen LogP contribution in [-0.2, 0) is 0 Å². The van der Waals surface area contributed by atoms with Gasteiger partial charge < -0.3 is 0 Å². The van der Waals surface area contributed by atoms with E-state index in [1.54, 1.807) is 17.7 Å². The Bertz CT molecular complexity index is 828. The lowest BCUT2D eigenvalue weighted by atomic mass is 10.2. The molecule has 4 aromatic rings. The van der Waals surface area contributed by atoms with Gasteiger partial charge in [-0.15, -0.1) is 21.5 Å². The smallest absolute Gasteiger partial charge is 0.178 e. The summed E-state index contributed by atoms with van der Waals surface area (Å²) in [6.07, 6.45) is 1.76. The van der Waals surface area contributed by atoms with E-state index in [9.17, 15) is 0 Å². The van der Waals surface area contributed by atoms with Crippen LogP contribution >= 0.6 is 11.3 Å². The summed E-state index contributed by atoms with van der Waals surface area (Å²) in [6.45, 7) is 0. The van der Waals surface area contributed by atoms with Crippen LogP contribution in [0.3, 0.4) is 0 Å². The van der Waals surface area contributed by atoms with Crippen LogP contribution in [0, 0.1) is 0 Å². The van der Waals surface area contributed by atoms with Crippen molar-refractivity contribution in [2.24, 2.45) is 0 Å². The van der Waals surface area contributed by atoms with Crippen molar-refractivity contribution in [2.75, 3.05) is 0 Å². The molecule has 0 bridgehead atoms. The normalized spacial score (nSPS) is 11.0. The van der Waals surface area contributed by atoms with Crippen molar-refractivity contribution in [3.8, 4) is 16.4 Å². The minimum Gasteiger partial charge on any atom is -0.281 e. The van der Waals surface area contributed by atoms with E-state index in [4.69, 9.17) is 0 Å². The van der Waals surface area contributed by atoms with E-state index < -0.39 is 0 Å². The van der Waals surface area contributed by atoms with Gasteiger partial charge in [0.05, 0.1) is 4.88 Å². The van der Waals surface area contributed by atoms with E-state index in [0.717, 1.165) is 16.4 Å². The van der Waals surface area contributed by atoms with Gasteiger partial charge in [-0.3, -0.25) is 4.57 Å². The van der Waals surface area contributed by atoms with Crippen molar-refractivity contribution >= 4 is 21.4 Å². The van der Waals surface area contributed by atoms with E-state index >= 15 is 0 Å². The first-order valence-corrected chi connectivity index (χ1v) is 7.18. The molecule has 20 heavy (non-hydrogen) atoms. The lowest BCUT2D eigenvalue weighted by Gasteiger charge is -2.04. The van der Waals surface area contributed by atoms with Gasteiger partial charge in [0.1, 0.15) is 6.33 Å².